The van der Waals surface area contributed by atoms with Crippen LogP contribution in [0.2, 0.25) is 0 Å². The molecule has 0 saturated carbocycles. The quantitative estimate of drug-likeness (QED) is 0.661. The standard InChI is InChI=1S/C10H14BF3NO2.K/c1-7-5-6-8(11(12,13)14)15(7)9(16)17-10(2,3)4;/h5-6H,1-4H3;/q-1;+1. The predicted octanol–water partition coefficient (Wildman–Crippen LogP) is -0.362. The minimum atomic E-state index is -5.23. The summed E-state index contributed by atoms with van der Waals surface area (Å²) in [7, 11) is 0. The zero-order valence-corrected chi connectivity index (χ0v) is 14.3. The van der Waals surface area contributed by atoms with E-state index in [1.807, 2.05) is 0 Å². The molecule has 0 saturated heterocycles. The summed E-state index contributed by atoms with van der Waals surface area (Å²) in [5.74, 6) is 0. The van der Waals surface area contributed by atoms with Crippen molar-refractivity contribution in [2.75, 3.05) is 0 Å². The molecule has 1 rings (SSSR count). The Hall–Kier alpha value is 0.241. The van der Waals surface area contributed by atoms with Gasteiger partial charge in [0.05, 0.1) is 0 Å². The molecule has 0 amide bonds. The Labute approximate surface area is 147 Å². The molecular weight excluding hydrogens is 273 g/mol. The fraction of sp³-hybridized carbons (Fsp3) is 0.500. The molecule has 0 aliphatic heterocycles. The summed E-state index contributed by atoms with van der Waals surface area (Å²) in [6, 6.07) is 2.13. The summed E-state index contributed by atoms with van der Waals surface area (Å²) in [6.07, 6.45) is -1.01. The summed E-state index contributed by atoms with van der Waals surface area (Å²) >= 11 is 0. The molecule has 0 unspecified atom stereocenters. The molecule has 0 radical (unpaired) electrons. The second-order valence-corrected chi connectivity index (χ2v) is 4.79. The summed E-state index contributed by atoms with van der Waals surface area (Å²) in [5, 5.41) is 0. The van der Waals surface area contributed by atoms with E-state index in [0.29, 0.717) is 4.57 Å². The van der Waals surface area contributed by atoms with Crippen molar-refractivity contribution in [3.63, 3.8) is 0 Å². The number of halogens is 3. The van der Waals surface area contributed by atoms with E-state index in [2.05, 4.69) is 0 Å². The number of aromatic nitrogens is 1. The third-order valence-electron chi connectivity index (χ3n) is 2.02. The smallest absolute Gasteiger partial charge is 0.444 e. The third-order valence-corrected chi connectivity index (χ3v) is 2.02. The van der Waals surface area contributed by atoms with Crippen LogP contribution in [0.15, 0.2) is 12.1 Å². The number of hydrogen-bond acceptors (Lipinski definition) is 2. The van der Waals surface area contributed by atoms with Gasteiger partial charge in [0.2, 0.25) is 0 Å². The zero-order valence-electron chi connectivity index (χ0n) is 11.1. The molecule has 0 atom stereocenters. The van der Waals surface area contributed by atoms with Crippen LogP contribution >= 0.6 is 0 Å². The first kappa shape index (κ1) is 18.2. The van der Waals surface area contributed by atoms with E-state index in [-0.39, 0.29) is 57.1 Å². The Morgan fingerprint density at radius 1 is 1.28 bits per heavy atom. The second kappa shape index (κ2) is 6.13. The Bertz CT molecular complexity index is 437. The first-order valence-electron chi connectivity index (χ1n) is 5.14. The summed E-state index contributed by atoms with van der Waals surface area (Å²) < 4.78 is 43.6. The Balaban J connectivity index is 0.00000289. The van der Waals surface area contributed by atoms with E-state index >= 15 is 0 Å². The van der Waals surface area contributed by atoms with Gasteiger partial charge in [0, 0.05) is 5.69 Å². The maximum absolute atomic E-state index is 12.7. The van der Waals surface area contributed by atoms with Gasteiger partial charge in [-0.25, -0.2) is 4.79 Å². The van der Waals surface area contributed by atoms with E-state index in [1.165, 1.54) is 13.0 Å². The SMILES string of the molecule is Cc1ccc([B-](F)(F)F)n1C(=O)OC(C)(C)C.[K+]. The first-order chi connectivity index (χ1) is 7.52. The van der Waals surface area contributed by atoms with Crippen LogP contribution in [-0.4, -0.2) is 23.2 Å². The van der Waals surface area contributed by atoms with Gasteiger partial charge in [-0.15, -0.1) is 0 Å². The molecule has 0 spiro atoms. The minimum Gasteiger partial charge on any atom is -0.444 e. The van der Waals surface area contributed by atoms with Gasteiger partial charge < -0.3 is 17.7 Å². The van der Waals surface area contributed by atoms with Crippen molar-refractivity contribution in [3.05, 3.63) is 17.8 Å². The van der Waals surface area contributed by atoms with Gasteiger partial charge >= 0.3 is 64.5 Å². The fourth-order valence-corrected chi connectivity index (χ4v) is 1.37. The van der Waals surface area contributed by atoms with Crippen molar-refractivity contribution < 1.29 is 73.9 Å². The maximum Gasteiger partial charge on any atom is 1.00 e. The number of nitrogens with zero attached hydrogens (tertiary/aromatic N) is 1. The van der Waals surface area contributed by atoms with Crippen LogP contribution in [0.1, 0.15) is 26.5 Å². The van der Waals surface area contributed by atoms with Crippen molar-refractivity contribution in [1.82, 2.24) is 4.57 Å². The van der Waals surface area contributed by atoms with Crippen LogP contribution in [0.3, 0.4) is 0 Å². The minimum absolute atomic E-state index is 0. The number of ether oxygens (including phenoxy) is 1. The fourth-order valence-electron chi connectivity index (χ4n) is 1.37. The number of hydrogen-bond donors (Lipinski definition) is 0. The zero-order chi connectivity index (χ0) is 13.4. The molecule has 0 aromatic carbocycles. The summed E-state index contributed by atoms with van der Waals surface area (Å²) in [4.78, 5) is 11.7. The molecular formula is C10H14BF3KNO2. The van der Waals surface area contributed by atoms with E-state index in [4.69, 9.17) is 4.74 Å². The molecule has 0 bridgehead atoms. The number of carbonyl (C=O) groups is 1. The van der Waals surface area contributed by atoms with Gasteiger partial charge in [0.1, 0.15) is 5.60 Å². The van der Waals surface area contributed by atoms with Gasteiger partial charge in [-0.3, -0.25) is 4.57 Å². The van der Waals surface area contributed by atoms with Gasteiger partial charge in [-0.2, -0.15) is 0 Å². The summed E-state index contributed by atoms with van der Waals surface area (Å²) in [6.45, 7) is 0.991. The molecule has 96 valence electrons. The van der Waals surface area contributed by atoms with E-state index in [0.717, 1.165) is 6.07 Å². The maximum atomic E-state index is 12.7. The van der Waals surface area contributed by atoms with Gasteiger partial charge in [0.25, 0.3) is 0 Å². The molecule has 18 heavy (non-hydrogen) atoms. The Kier molecular flexibility index (Phi) is 6.21. The molecule has 1 aromatic heterocycles. The molecule has 0 aliphatic carbocycles. The molecule has 8 heteroatoms. The van der Waals surface area contributed by atoms with Gasteiger partial charge in [-0.05, 0) is 39.4 Å². The number of carbonyl (C=O) groups excluding carboxylic acids is 1. The summed E-state index contributed by atoms with van der Waals surface area (Å²) in [5.41, 5.74) is -1.59. The van der Waals surface area contributed by atoms with Crippen LogP contribution in [0.25, 0.3) is 0 Å². The van der Waals surface area contributed by atoms with Gasteiger partial charge in [-0.1, -0.05) is 6.07 Å². The van der Waals surface area contributed by atoms with Crippen molar-refractivity contribution in [3.8, 4) is 0 Å². The molecule has 0 N–H and O–H groups in total. The van der Waals surface area contributed by atoms with Gasteiger partial charge in [0.15, 0.2) is 0 Å². The van der Waals surface area contributed by atoms with Crippen LogP contribution < -0.4 is 57.0 Å². The van der Waals surface area contributed by atoms with Crippen LogP contribution in [0, 0.1) is 6.92 Å². The number of aryl methyl sites for hydroxylation is 1. The average molecular weight is 287 g/mol. The van der Waals surface area contributed by atoms with Crippen LogP contribution in [-0.2, 0) is 4.74 Å². The molecule has 1 aromatic rings. The normalized spacial score (nSPS) is 11.9. The average Bonchev–Trinajstić information content (AvgIpc) is 2.42. The van der Waals surface area contributed by atoms with Crippen molar-refractivity contribution in [2.24, 2.45) is 0 Å². The van der Waals surface area contributed by atoms with Crippen LogP contribution in [0.5, 0.6) is 0 Å². The van der Waals surface area contributed by atoms with E-state index in [9.17, 15) is 17.7 Å². The van der Waals surface area contributed by atoms with Crippen molar-refractivity contribution in [1.29, 1.82) is 0 Å². The number of rotatable bonds is 1. The molecule has 0 aliphatic rings. The van der Waals surface area contributed by atoms with E-state index < -0.39 is 24.3 Å². The topological polar surface area (TPSA) is 31.2 Å². The monoisotopic (exact) mass is 287 g/mol. The van der Waals surface area contributed by atoms with Crippen molar-refractivity contribution in [2.45, 2.75) is 33.3 Å². The predicted molar refractivity (Wildman–Crippen MR) is 59.5 cm³/mol. The van der Waals surface area contributed by atoms with Crippen LogP contribution in [0.4, 0.5) is 17.7 Å². The largest absolute Gasteiger partial charge is 1.00 e. The first-order valence-corrected chi connectivity index (χ1v) is 5.14. The molecule has 3 nitrogen and oxygen atoms in total. The van der Waals surface area contributed by atoms with Crippen molar-refractivity contribution >= 4 is 18.7 Å². The third kappa shape index (κ3) is 4.73. The Morgan fingerprint density at radius 2 is 1.78 bits per heavy atom. The van der Waals surface area contributed by atoms with E-state index in [1.54, 1.807) is 20.8 Å². The molecule has 0 fully saturated rings. The second-order valence-electron chi connectivity index (χ2n) is 4.79. The molecule has 1 heterocycles. The Morgan fingerprint density at radius 3 is 2.17 bits per heavy atom.